The maximum atomic E-state index is 12.3. The lowest BCUT2D eigenvalue weighted by atomic mass is 9.95. The van der Waals surface area contributed by atoms with Crippen LogP contribution >= 0.6 is 0 Å². The quantitative estimate of drug-likeness (QED) is 0.936. The normalized spacial score (nSPS) is 17.8. The van der Waals surface area contributed by atoms with Gasteiger partial charge in [-0.05, 0) is 50.7 Å². The van der Waals surface area contributed by atoms with Crippen LogP contribution in [0.4, 0.5) is 5.82 Å². The van der Waals surface area contributed by atoms with E-state index in [2.05, 4.69) is 20.2 Å². The molecular formula is C20H24N4O. The molecule has 0 spiro atoms. The van der Waals surface area contributed by atoms with Gasteiger partial charge in [-0.15, -0.1) is 0 Å². The number of nitrogens with zero attached hydrogens (tertiary/aromatic N) is 3. The minimum atomic E-state index is 0.0264. The first-order valence-electron chi connectivity index (χ1n) is 9.25. The summed E-state index contributed by atoms with van der Waals surface area (Å²) in [6, 6.07) is 9.68. The van der Waals surface area contributed by atoms with Gasteiger partial charge in [0.15, 0.2) is 0 Å². The summed E-state index contributed by atoms with van der Waals surface area (Å²) in [5.74, 6) is 1.15. The number of amides is 1. The van der Waals surface area contributed by atoms with Crippen LogP contribution in [0.5, 0.6) is 0 Å². The first kappa shape index (κ1) is 16.1. The Balaban J connectivity index is 1.38. The average Bonchev–Trinajstić information content (AvgIpc) is 2.69. The predicted molar refractivity (Wildman–Crippen MR) is 97.8 cm³/mol. The van der Waals surface area contributed by atoms with E-state index in [1.807, 2.05) is 30.3 Å². The Hall–Kier alpha value is -2.43. The highest BCUT2D eigenvalue weighted by atomic mass is 16.1. The first-order chi connectivity index (χ1) is 12.3. The number of fused-ring (bicyclic) bond motifs is 1. The molecule has 0 saturated carbocycles. The maximum absolute atomic E-state index is 12.3. The van der Waals surface area contributed by atoms with E-state index in [-0.39, 0.29) is 11.9 Å². The van der Waals surface area contributed by atoms with E-state index in [1.54, 1.807) is 6.33 Å². The number of anilines is 1. The van der Waals surface area contributed by atoms with E-state index in [9.17, 15) is 4.79 Å². The summed E-state index contributed by atoms with van der Waals surface area (Å²) in [7, 11) is 0. The molecule has 130 valence electrons. The molecule has 1 fully saturated rings. The van der Waals surface area contributed by atoms with Gasteiger partial charge in [0.25, 0.3) is 5.91 Å². The molecule has 1 aromatic carbocycles. The molecular weight excluding hydrogens is 312 g/mol. The molecule has 1 aliphatic heterocycles. The topological polar surface area (TPSA) is 58.1 Å². The summed E-state index contributed by atoms with van der Waals surface area (Å²) in [5.41, 5.74) is 3.31. The number of carbonyl (C=O) groups is 1. The molecule has 1 saturated heterocycles. The highest BCUT2D eigenvalue weighted by Gasteiger charge is 2.25. The van der Waals surface area contributed by atoms with E-state index < -0.39 is 0 Å². The fraction of sp³-hybridized carbons (Fsp3) is 0.450. The van der Waals surface area contributed by atoms with Gasteiger partial charge in [-0.25, -0.2) is 9.97 Å². The number of hydrogen-bond donors (Lipinski definition) is 1. The molecule has 0 unspecified atom stereocenters. The Morgan fingerprint density at radius 2 is 1.80 bits per heavy atom. The molecule has 1 N–H and O–H groups in total. The second-order valence-corrected chi connectivity index (χ2v) is 6.93. The van der Waals surface area contributed by atoms with Gasteiger partial charge in [-0.3, -0.25) is 4.79 Å². The van der Waals surface area contributed by atoms with Gasteiger partial charge >= 0.3 is 0 Å². The van der Waals surface area contributed by atoms with Crippen molar-refractivity contribution >= 4 is 11.7 Å². The standard InChI is InChI=1S/C20H24N4O/c25-20(15-6-2-1-3-7-15)23-16-10-12-24(13-11-16)19-17-8-4-5-9-18(17)21-14-22-19/h1-3,6-7,14,16H,4-5,8-13H2,(H,23,25). The van der Waals surface area contributed by atoms with Crippen molar-refractivity contribution in [3.8, 4) is 0 Å². The summed E-state index contributed by atoms with van der Waals surface area (Å²) >= 11 is 0. The van der Waals surface area contributed by atoms with Gasteiger partial charge < -0.3 is 10.2 Å². The van der Waals surface area contributed by atoms with E-state index in [0.717, 1.165) is 50.2 Å². The van der Waals surface area contributed by atoms with Gasteiger partial charge in [-0.2, -0.15) is 0 Å². The van der Waals surface area contributed by atoms with Crippen LogP contribution in [0.1, 0.15) is 47.3 Å². The Labute approximate surface area is 148 Å². The molecule has 2 aliphatic rings. The summed E-state index contributed by atoms with van der Waals surface area (Å²) in [6.45, 7) is 1.87. The van der Waals surface area contributed by atoms with Gasteiger partial charge in [-0.1, -0.05) is 18.2 Å². The lowest BCUT2D eigenvalue weighted by molar-refractivity contribution is 0.0931. The van der Waals surface area contributed by atoms with Crippen molar-refractivity contribution in [3.63, 3.8) is 0 Å². The van der Waals surface area contributed by atoms with Crippen LogP contribution in [0.15, 0.2) is 36.7 Å². The summed E-state index contributed by atoms with van der Waals surface area (Å²) in [4.78, 5) is 23.7. The molecule has 0 radical (unpaired) electrons. The third kappa shape index (κ3) is 3.50. The number of rotatable bonds is 3. The van der Waals surface area contributed by atoms with E-state index in [0.29, 0.717) is 0 Å². The smallest absolute Gasteiger partial charge is 0.251 e. The monoisotopic (exact) mass is 336 g/mol. The lowest BCUT2D eigenvalue weighted by Gasteiger charge is -2.35. The molecule has 0 bridgehead atoms. The first-order valence-corrected chi connectivity index (χ1v) is 9.25. The molecule has 1 aromatic heterocycles. The Morgan fingerprint density at radius 3 is 2.60 bits per heavy atom. The van der Waals surface area contributed by atoms with Crippen molar-refractivity contribution in [1.82, 2.24) is 15.3 Å². The number of piperidine rings is 1. The van der Waals surface area contributed by atoms with Crippen LogP contribution < -0.4 is 10.2 Å². The molecule has 1 aliphatic carbocycles. The summed E-state index contributed by atoms with van der Waals surface area (Å²) in [6.07, 6.45) is 8.26. The molecule has 5 nitrogen and oxygen atoms in total. The van der Waals surface area contributed by atoms with Gasteiger partial charge in [0, 0.05) is 36.0 Å². The lowest BCUT2D eigenvalue weighted by Crippen LogP contribution is -2.45. The molecule has 4 rings (SSSR count). The van der Waals surface area contributed by atoms with Crippen molar-refractivity contribution in [2.75, 3.05) is 18.0 Å². The van der Waals surface area contributed by atoms with Crippen LogP contribution in [-0.2, 0) is 12.8 Å². The van der Waals surface area contributed by atoms with Crippen molar-refractivity contribution < 1.29 is 4.79 Å². The highest BCUT2D eigenvalue weighted by Crippen LogP contribution is 2.28. The third-order valence-corrected chi connectivity index (χ3v) is 5.27. The van der Waals surface area contributed by atoms with Crippen molar-refractivity contribution in [1.29, 1.82) is 0 Å². The molecule has 1 amide bonds. The molecule has 2 heterocycles. The summed E-state index contributed by atoms with van der Waals surface area (Å²) in [5, 5.41) is 3.17. The fourth-order valence-corrected chi connectivity index (χ4v) is 3.87. The zero-order valence-electron chi connectivity index (χ0n) is 14.4. The van der Waals surface area contributed by atoms with Crippen LogP contribution in [0.2, 0.25) is 0 Å². The number of aryl methyl sites for hydroxylation is 1. The van der Waals surface area contributed by atoms with Crippen LogP contribution in [-0.4, -0.2) is 35.0 Å². The SMILES string of the molecule is O=C(NC1CCN(c2ncnc3c2CCCC3)CC1)c1ccccc1. The third-order valence-electron chi connectivity index (χ3n) is 5.27. The average molecular weight is 336 g/mol. The van der Waals surface area contributed by atoms with Crippen LogP contribution in [0, 0.1) is 0 Å². The van der Waals surface area contributed by atoms with Crippen molar-refractivity contribution in [2.24, 2.45) is 0 Å². The minimum Gasteiger partial charge on any atom is -0.356 e. The van der Waals surface area contributed by atoms with E-state index in [4.69, 9.17) is 0 Å². The zero-order chi connectivity index (χ0) is 17.1. The Kier molecular flexibility index (Phi) is 4.63. The molecule has 5 heteroatoms. The van der Waals surface area contributed by atoms with E-state index >= 15 is 0 Å². The van der Waals surface area contributed by atoms with Gasteiger partial charge in [0.2, 0.25) is 0 Å². The van der Waals surface area contributed by atoms with Gasteiger partial charge in [0.1, 0.15) is 12.1 Å². The Bertz CT molecular complexity index is 739. The molecule has 2 aromatic rings. The largest absolute Gasteiger partial charge is 0.356 e. The summed E-state index contributed by atoms with van der Waals surface area (Å²) < 4.78 is 0. The van der Waals surface area contributed by atoms with Crippen LogP contribution in [0.3, 0.4) is 0 Å². The number of benzene rings is 1. The molecule has 0 atom stereocenters. The zero-order valence-corrected chi connectivity index (χ0v) is 14.4. The second-order valence-electron chi connectivity index (χ2n) is 6.93. The van der Waals surface area contributed by atoms with Crippen molar-refractivity contribution in [2.45, 2.75) is 44.6 Å². The highest BCUT2D eigenvalue weighted by molar-refractivity contribution is 5.94. The second kappa shape index (κ2) is 7.21. The van der Waals surface area contributed by atoms with Crippen molar-refractivity contribution in [3.05, 3.63) is 53.5 Å². The van der Waals surface area contributed by atoms with E-state index in [1.165, 1.54) is 24.1 Å². The number of hydrogen-bond acceptors (Lipinski definition) is 4. The van der Waals surface area contributed by atoms with Crippen LogP contribution in [0.25, 0.3) is 0 Å². The number of aromatic nitrogens is 2. The molecule has 25 heavy (non-hydrogen) atoms. The maximum Gasteiger partial charge on any atom is 0.251 e. The Morgan fingerprint density at radius 1 is 1.04 bits per heavy atom. The predicted octanol–water partition coefficient (Wildman–Crippen LogP) is 2.75. The van der Waals surface area contributed by atoms with Gasteiger partial charge in [0.05, 0.1) is 0 Å². The number of nitrogens with one attached hydrogen (secondary N) is 1. The number of carbonyl (C=O) groups excluding carboxylic acids is 1. The minimum absolute atomic E-state index is 0.0264. The fourth-order valence-electron chi connectivity index (χ4n) is 3.87.